The first-order valence-corrected chi connectivity index (χ1v) is 9.77. The van der Waals surface area contributed by atoms with E-state index in [0.29, 0.717) is 18.2 Å². The van der Waals surface area contributed by atoms with Crippen LogP contribution in [0.15, 0.2) is 36.5 Å². The predicted octanol–water partition coefficient (Wildman–Crippen LogP) is 1.38. The van der Waals surface area contributed by atoms with Crippen molar-refractivity contribution in [1.82, 2.24) is 25.2 Å². The topological polar surface area (TPSA) is 100 Å². The summed E-state index contributed by atoms with van der Waals surface area (Å²) in [6, 6.07) is 10.2. The number of aliphatic carboxylic acids is 1. The number of carbonyl (C=O) groups is 2. The van der Waals surface area contributed by atoms with Gasteiger partial charge in [0.25, 0.3) is 5.91 Å². The van der Waals surface area contributed by atoms with Gasteiger partial charge in [-0.15, -0.1) is 5.10 Å². The average molecular weight is 383 g/mol. The van der Waals surface area contributed by atoms with Crippen LogP contribution in [0, 0.1) is 5.92 Å². The first kappa shape index (κ1) is 18.6. The lowest BCUT2D eigenvalue weighted by Gasteiger charge is -2.42. The molecule has 2 aliphatic rings. The maximum absolute atomic E-state index is 12.4. The molecule has 1 heterocycles. The number of nitrogens with one attached hydrogen (secondary N) is 1. The highest BCUT2D eigenvalue weighted by Crippen LogP contribution is 2.33. The quantitative estimate of drug-likeness (QED) is 0.679. The standard InChI is InChI=1S/C20H25N5O3/c26-19(27)13-24(10-15-6-7-15)17-8-16(9-17)21-20(28)18-12-25(23-22-18)11-14-4-2-1-3-5-14/h1-5,12,15-17H,6-11,13H2,(H,21,28)(H,26,27). The number of amides is 1. The van der Waals surface area contributed by atoms with E-state index in [9.17, 15) is 9.59 Å². The lowest BCUT2D eigenvalue weighted by atomic mass is 9.85. The van der Waals surface area contributed by atoms with Crippen LogP contribution in [0.5, 0.6) is 0 Å². The molecule has 2 N–H and O–H groups in total. The van der Waals surface area contributed by atoms with Gasteiger partial charge in [-0.25, -0.2) is 4.68 Å². The fourth-order valence-corrected chi connectivity index (χ4v) is 3.66. The second kappa shape index (κ2) is 8.10. The number of aromatic nitrogens is 3. The lowest BCUT2D eigenvalue weighted by Crippen LogP contribution is -2.55. The van der Waals surface area contributed by atoms with Crippen LogP contribution < -0.4 is 5.32 Å². The molecular weight excluding hydrogens is 358 g/mol. The van der Waals surface area contributed by atoms with E-state index in [2.05, 4.69) is 20.5 Å². The molecule has 0 aliphatic heterocycles. The Morgan fingerprint density at radius 1 is 1.21 bits per heavy atom. The van der Waals surface area contributed by atoms with E-state index in [4.69, 9.17) is 5.11 Å². The molecule has 2 aliphatic carbocycles. The zero-order valence-corrected chi connectivity index (χ0v) is 15.7. The number of benzene rings is 1. The molecule has 4 rings (SSSR count). The van der Waals surface area contributed by atoms with Crippen LogP contribution in [0.1, 0.15) is 41.7 Å². The van der Waals surface area contributed by atoms with E-state index < -0.39 is 5.97 Å². The summed E-state index contributed by atoms with van der Waals surface area (Å²) in [5, 5.41) is 20.1. The van der Waals surface area contributed by atoms with Gasteiger partial charge in [-0.1, -0.05) is 35.5 Å². The Balaban J connectivity index is 1.26. The Morgan fingerprint density at radius 3 is 2.64 bits per heavy atom. The third-order valence-electron chi connectivity index (χ3n) is 5.45. The molecule has 2 saturated carbocycles. The maximum atomic E-state index is 12.4. The molecule has 0 radical (unpaired) electrons. The van der Waals surface area contributed by atoms with Gasteiger partial charge >= 0.3 is 5.97 Å². The number of carboxylic acids is 1. The van der Waals surface area contributed by atoms with Crippen molar-refractivity contribution in [3.8, 4) is 0 Å². The number of carboxylic acid groups (broad SMARTS) is 1. The van der Waals surface area contributed by atoms with E-state index in [1.54, 1.807) is 10.9 Å². The third-order valence-corrected chi connectivity index (χ3v) is 5.45. The van der Waals surface area contributed by atoms with Crippen LogP contribution in [0.4, 0.5) is 0 Å². The van der Waals surface area contributed by atoms with Gasteiger partial charge in [0.05, 0.1) is 19.3 Å². The molecule has 2 fully saturated rings. The van der Waals surface area contributed by atoms with Crippen molar-refractivity contribution in [3.05, 3.63) is 47.8 Å². The Labute approximate surface area is 163 Å². The van der Waals surface area contributed by atoms with E-state index in [1.807, 2.05) is 30.3 Å². The largest absolute Gasteiger partial charge is 0.480 e. The first-order chi connectivity index (χ1) is 13.6. The summed E-state index contributed by atoms with van der Waals surface area (Å²) >= 11 is 0. The Hall–Kier alpha value is -2.74. The van der Waals surface area contributed by atoms with Gasteiger partial charge in [0.2, 0.25) is 0 Å². The number of carbonyl (C=O) groups excluding carboxylic acids is 1. The number of rotatable bonds is 9. The van der Waals surface area contributed by atoms with Gasteiger partial charge in [0, 0.05) is 18.6 Å². The second-order valence-electron chi connectivity index (χ2n) is 7.85. The van der Waals surface area contributed by atoms with Crippen molar-refractivity contribution in [2.45, 2.75) is 44.3 Å². The zero-order chi connectivity index (χ0) is 19.5. The van der Waals surface area contributed by atoms with Crippen LogP contribution in [-0.4, -0.2) is 62.0 Å². The van der Waals surface area contributed by atoms with Gasteiger partial charge in [-0.2, -0.15) is 0 Å². The van der Waals surface area contributed by atoms with Crippen LogP contribution >= 0.6 is 0 Å². The Bertz CT molecular complexity index is 827. The molecule has 2 aromatic rings. The molecule has 1 aromatic heterocycles. The molecule has 0 saturated heterocycles. The van der Waals surface area contributed by atoms with Crippen LogP contribution in [-0.2, 0) is 11.3 Å². The molecule has 0 atom stereocenters. The van der Waals surface area contributed by atoms with E-state index in [1.165, 1.54) is 12.8 Å². The molecule has 1 aromatic carbocycles. The monoisotopic (exact) mass is 383 g/mol. The van der Waals surface area contributed by atoms with E-state index in [-0.39, 0.29) is 24.5 Å². The fourth-order valence-electron chi connectivity index (χ4n) is 3.66. The molecule has 28 heavy (non-hydrogen) atoms. The number of nitrogens with zero attached hydrogens (tertiary/aromatic N) is 4. The van der Waals surface area contributed by atoms with Crippen molar-refractivity contribution in [2.75, 3.05) is 13.1 Å². The molecule has 0 unspecified atom stereocenters. The minimum absolute atomic E-state index is 0.0623. The highest BCUT2D eigenvalue weighted by Gasteiger charge is 2.38. The summed E-state index contributed by atoms with van der Waals surface area (Å²) in [6.07, 6.45) is 5.61. The van der Waals surface area contributed by atoms with Gasteiger partial charge in [-0.05, 0) is 37.2 Å². The van der Waals surface area contributed by atoms with Gasteiger partial charge in [0.15, 0.2) is 5.69 Å². The van der Waals surface area contributed by atoms with E-state index >= 15 is 0 Å². The van der Waals surface area contributed by atoms with Crippen molar-refractivity contribution in [3.63, 3.8) is 0 Å². The minimum Gasteiger partial charge on any atom is -0.480 e. The molecule has 8 nitrogen and oxygen atoms in total. The summed E-state index contributed by atoms with van der Waals surface area (Å²) in [4.78, 5) is 25.6. The fraction of sp³-hybridized carbons (Fsp3) is 0.500. The summed E-state index contributed by atoms with van der Waals surface area (Å²) in [7, 11) is 0. The van der Waals surface area contributed by atoms with Crippen LogP contribution in [0.2, 0.25) is 0 Å². The molecule has 0 spiro atoms. The SMILES string of the molecule is O=C(O)CN(CC1CC1)C1CC(NC(=O)c2cn(Cc3ccccc3)nn2)C1. The van der Waals surface area contributed by atoms with Gasteiger partial charge in [-0.3, -0.25) is 14.5 Å². The summed E-state index contributed by atoms with van der Waals surface area (Å²) in [5.74, 6) is -0.370. The van der Waals surface area contributed by atoms with E-state index in [0.717, 1.165) is 24.9 Å². The highest BCUT2D eigenvalue weighted by molar-refractivity contribution is 5.92. The summed E-state index contributed by atoms with van der Waals surface area (Å²) in [5.41, 5.74) is 1.40. The van der Waals surface area contributed by atoms with Gasteiger partial charge < -0.3 is 10.4 Å². The van der Waals surface area contributed by atoms with Crippen LogP contribution in [0.25, 0.3) is 0 Å². The molecule has 148 valence electrons. The van der Waals surface area contributed by atoms with Crippen molar-refractivity contribution >= 4 is 11.9 Å². The Morgan fingerprint density at radius 2 is 1.96 bits per heavy atom. The molecule has 0 bridgehead atoms. The third kappa shape index (κ3) is 4.75. The normalized spacial score (nSPS) is 21.3. The van der Waals surface area contributed by atoms with Crippen molar-refractivity contribution in [2.24, 2.45) is 5.92 Å². The highest BCUT2D eigenvalue weighted by atomic mass is 16.4. The molecule has 1 amide bonds. The second-order valence-corrected chi connectivity index (χ2v) is 7.85. The lowest BCUT2D eigenvalue weighted by molar-refractivity contribution is -0.139. The number of hydrogen-bond acceptors (Lipinski definition) is 5. The summed E-state index contributed by atoms with van der Waals surface area (Å²) < 4.78 is 1.65. The smallest absolute Gasteiger partial charge is 0.317 e. The maximum Gasteiger partial charge on any atom is 0.317 e. The average Bonchev–Trinajstić information content (AvgIpc) is 3.33. The number of hydrogen-bond donors (Lipinski definition) is 2. The predicted molar refractivity (Wildman–Crippen MR) is 102 cm³/mol. The van der Waals surface area contributed by atoms with Crippen molar-refractivity contribution in [1.29, 1.82) is 0 Å². The summed E-state index contributed by atoms with van der Waals surface area (Å²) in [6.45, 7) is 1.50. The van der Waals surface area contributed by atoms with Crippen molar-refractivity contribution < 1.29 is 14.7 Å². The zero-order valence-electron chi connectivity index (χ0n) is 15.7. The minimum atomic E-state index is -0.789. The van der Waals surface area contributed by atoms with Gasteiger partial charge in [0.1, 0.15) is 0 Å². The Kier molecular flexibility index (Phi) is 5.38. The van der Waals surface area contributed by atoms with Crippen LogP contribution in [0.3, 0.4) is 0 Å². The molecular formula is C20H25N5O3. The first-order valence-electron chi connectivity index (χ1n) is 9.77. The molecule has 8 heteroatoms.